The molecular weight excluding hydrogens is 170 g/mol. The standard InChI is InChI=1S/C13H11N/c1-2-11-8-9-13(14-10-11)12-6-4-3-5-7-12/h2-10H,1H2/p+1. The molecule has 1 heteroatoms. The maximum atomic E-state index is 3.71. The number of H-pyrrole nitrogens is 1. The fourth-order valence-corrected chi connectivity index (χ4v) is 1.36. The lowest BCUT2D eigenvalue weighted by Crippen LogP contribution is -2.05. The van der Waals surface area contributed by atoms with Crippen molar-refractivity contribution in [2.45, 2.75) is 0 Å². The third-order valence-corrected chi connectivity index (χ3v) is 2.16. The van der Waals surface area contributed by atoms with E-state index < -0.39 is 0 Å². The van der Waals surface area contributed by atoms with Gasteiger partial charge in [0.05, 0.1) is 0 Å². The van der Waals surface area contributed by atoms with Crippen LogP contribution in [0, 0.1) is 0 Å². The Morgan fingerprint density at radius 3 is 2.36 bits per heavy atom. The first-order chi connectivity index (χ1) is 6.90. The Kier molecular flexibility index (Phi) is 2.41. The average molecular weight is 182 g/mol. The Bertz CT molecular complexity index is 415. The molecule has 1 heterocycles. The molecule has 0 unspecified atom stereocenters. The number of pyridine rings is 1. The summed E-state index contributed by atoms with van der Waals surface area (Å²) >= 11 is 0. The molecule has 0 aliphatic heterocycles. The predicted molar refractivity (Wildman–Crippen MR) is 58.5 cm³/mol. The molecule has 0 aliphatic carbocycles. The van der Waals surface area contributed by atoms with Gasteiger partial charge in [-0.1, -0.05) is 30.9 Å². The minimum Gasteiger partial charge on any atom is -0.211 e. The van der Waals surface area contributed by atoms with Crippen molar-refractivity contribution >= 4 is 6.08 Å². The Hall–Kier alpha value is -1.89. The Labute approximate surface area is 83.7 Å². The van der Waals surface area contributed by atoms with Crippen LogP contribution < -0.4 is 4.98 Å². The van der Waals surface area contributed by atoms with Gasteiger partial charge in [-0.05, 0) is 18.2 Å². The minimum absolute atomic E-state index is 1.10. The highest BCUT2D eigenvalue weighted by atomic mass is 14.7. The molecule has 0 bridgehead atoms. The van der Waals surface area contributed by atoms with Gasteiger partial charge in [-0.3, -0.25) is 0 Å². The molecule has 68 valence electrons. The number of rotatable bonds is 2. The quantitative estimate of drug-likeness (QED) is 0.678. The fraction of sp³-hybridized carbons (Fsp3) is 0. The fourth-order valence-electron chi connectivity index (χ4n) is 1.36. The van der Waals surface area contributed by atoms with Crippen LogP contribution in [0.2, 0.25) is 0 Å². The van der Waals surface area contributed by atoms with E-state index in [1.54, 1.807) is 0 Å². The monoisotopic (exact) mass is 182 g/mol. The summed E-state index contributed by atoms with van der Waals surface area (Å²) in [5.74, 6) is 0. The molecule has 0 aliphatic rings. The van der Waals surface area contributed by atoms with Crippen molar-refractivity contribution in [2.24, 2.45) is 0 Å². The summed E-state index contributed by atoms with van der Waals surface area (Å²) in [6, 6.07) is 14.4. The van der Waals surface area contributed by atoms with Crippen LogP contribution in [-0.4, -0.2) is 0 Å². The van der Waals surface area contributed by atoms with Crippen LogP contribution in [0.3, 0.4) is 0 Å². The van der Waals surface area contributed by atoms with E-state index in [0.29, 0.717) is 0 Å². The molecule has 14 heavy (non-hydrogen) atoms. The van der Waals surface area contributed by atoms with Gasteiger partial charge in [-0.15, -0.1) is 0 Å². The second-order valence-corrected chi connectivity index (χ2v) is 3.11. The van der Waals surface area contributed by atoms with E-state index in [9.17, 15) is 0 Å². The van der Waals surface area contributed by atoms with E-state index in [1.807, 2.05) is 36.5 Å². The van der Waals surface area contributed by atoms with Crippen LogP contribution in [0.25, 0.3) is 17.3 Å². The zero-order valence-electron chi connectivity index (χ0n) is 7.90. The van der Waals surface area contributed by atoms with Crippen molar-refractivity contribution in [3.63, 3.8) is 0 Å². The average Bonchev–Trinajstić information content (AvgIpc) is 2.30. The van der Waals surface area contributed by atoms with Crippen molar-refractivity contribution in [3.05, 3.63) is 60.8 Å². The van der Waals surface area contributed by atoms with E-state index in [4.69, 9.17) is 0 Å². The van der Waals surface area contributed by atoms with E-state index >= 15 is 0 Å². The summed E-state index contributed by atoms with van der Waals surface area (Å²) in [5, 5.41) is 0. The molecule has 0 atom stereocenters. The zero-order valence-corrected chi connectivity index (χ0v) is 7.90. The SMILES string of the molecule is C=Cc1ccc(-c2ccccc2)[nH+]c1. The Morgan fingerprint density at radius 1 is 1.00 bits per heavy atom. The molecule has 1 nitrogen and oxygen atoms in total. The van der Waals surface area contributed by atoms with Crippen LogP contribution in [0.15, 0.2) is 55.2 Å². The highest BCUT2D eigenvalue weighted by Crippen LogP contribution is 2.13. The summed E-state index contributed by atoms with van der Waals surface area (Å²) in [7, 11) is 0. The highest BCUT2D eigenvalue weighted by molar-refractivity contribution is 5.57. The van der Waals surface area contributed by atoms with Gasteiger partial charge in [0.25, 0.3) is 0 Å². The van der Waals surface area contributed by atoms with Crippen molar-refractivity contribution in [1.29, 1.82) is 0 Å². The molecule has 1 aromatic heterocycles. The van der Waals surface area contributed by atoms with E-state index in [2.05, 4.69) is 29.8 Å². The molecule has 2 rings (SSSR count). The number of hydrogen-bond donors (Lipinski definition) is 0. The zero-order chi connectivity index (χ0) is 9.80. The maximum absolute atomic E-state index is 3.71. The molecule has 0 radical (unpaired) electrons. The van der Waals surface area contributed by atoms with Crippen LogP contribution >= 0.6 is 0 Å². The summed E-state index contributed by atoms with van der Waals surface area (Å²) < 4.78 is 0. The van der Waals surface area contributed by atoms with E-state index in [0.717, 1.165) is 11.3 Å². The molecule has 0 spiro atoms. The predicted octanol–water partition coefficient (Wildman–Crippen LogP) is 2.81. The van der Waals surface area contributed by atoms with Gasteiger partial charge in [0.15, 0.2) is 6.20 Å². The molecule has 0 fully saturated rings. The summed E-state index contributed by atoms with van der Waals surface area (Å²) in [5.41, 5.74) is 3.42. The number of hydrogen-bond acceptors (Lipinski definition) is 0. The van der Waals surface area contributed by atoms with E-state index in [-0.39, 0.29) is 0 Å². The van der Waals surface area contributed by atoms with Gasteiger partial charge in [0.1, 0.15) is 0 Å². The van der Waals surface area contributed by atoms with Gasteiger partial charge in [0.2, 0.25) is 5.69 Å². The summed E-state index contributed by atoms with van der Waals surface area (Å²) in [4.78, 5) is 3.23. The molecule has 1 N–H and O–H groups in total. The second kappa shape index (κ2) is 3.88. The smallest absolute Gasteiger partial charge is 0.210 e. The Balaban J connectivity index is 2.39. The molecular formula is C13H12N+. The summed E-state index contributed by atoms with van der Waals surface area (Å²) in [6.07, 6.45) is 3.78. The van der Waals surface area contributed by atoms with Gasteiger partial charge in [0, 0.05) is 17.2 Å². The maximum Gasteiger partial charge on any atom is 0.210 e. The number of aromatic amines is 1. The van der Waals surface area contributed by atoms with Crippen molar-refractivity contribution < 1.29 is 4.98 Å². The second-order valence-electron chi connectivity index (χ2n) is 3.11. The van der Waals surface area contributed by atoms with Gasteiger partial charge < -0.3 is 0 Å². The van der Waals surface area contributed by atoms with Crippen molar-refractivity contribution in [3.8, 4) is 11.3 Å². The van der Waals surface area contributed by atoms with Crippen LogP contribution in [0.1, 0.15) is 5.56 Å². The van der Waals surface area contributed by atoms with Gasteiger partial charge in [-0.25, -0.2) is 4.98 Å². The normalized spacial score (nSPS) is 9.71. The lowest BCUT2D eigenvalue weighted by Gasteiger charge is -1.94. The minimum atomic E-state index is 1.10. The third-order valence-electron chi connectivity index (χ3n) is 2.16. The Morgan fingerprint density at radius 2 is 1.79 bits per heavy atom. The van der Waals surface area contributed by atoms with Crippen LogP contribution in [-0.2, 0) is 0 Å². The van der Waals surface area contributed by atoms with Crippen molar-refractivity contribution in [1.82, 2.24) is 0 Å². The lowest BCUT2D eigenvalue weighted by atomic mass is 10.1. The molecule has 2 aromatic rings. The van der Waals surface area contributed by atoms with E-state index in [1.165, 1.54) is 5.56 Å². The largest absolute Gasteiger partial charge is 0.211 e. The first-order valence-electron chi connectivity index (χ1n) is 4.60. The van der Waals surface area contributed by atoms with Gasteiger partial charge in [-0.2, -0.15) is 0 Å². The molecule has 0 amide bonds. The lowest BCUT2D eigenvalue weighted by molar-refractivity contribution is -0.364. The first kappa shape index (κ1) is 8.70. The first-order valence-corrected chi connectivity index (χ1v) is 4.60. The van der Waals surface area contributed by atoms with Crippen molar-refractivity contribution in [2.75, 3.05) is 0 Å². The molecule has 1 aromatic carbocycles. The number of benzene rings is 1. The topological polar surface area (TPSA) is 14.1 Å². The number of aromatic nitrogens is 1. The molecule has 0 saturated carbocycles. The number of nitrogens with one attached hydrogen (secondary N) is 1. The summed E-state index contributed by atoms with van der Waals surface area (Å²) in [6.45, 7) is 3.71. The van der Waals surface area contributed by atoms with Crippen LogP contribution in [0.4, 0.5) is 0 Å². The molecule has 0 saturated heterocycles. The van der Waals surface area contributed by atoms with Gasteiger partial charge >= 0.3 is 0 Å². The van der Waals surface area contributed by atoms with Crippen LogP contribution in [0.5, 0.6) is 0 Å². The third kappa shape index (κ3) is 1.72. The highest BCUT2D eigenvalue weighted by Gasteiger charge is 2.02.